The zero-order chi connectivity index (χ0) is 24.8. The minimum atomic E-state index is -0.309. The van der Waals surface area contributed by atoms with E-state index in [0.717, 1.165) is 0 Å². The maximum Gasteiger partial charge on any atom is 0.281 e. The molecule has 0 radical (unpaired) electrons. The van der Waals surface area contributed by atoms with Gasteiger partial charge in [-0.15, -0.1) is 0 Å². The zero-order valence-corrected chi connectivity index (χ0v) is 19.9. The lowest BCUT2D eigenvalue weighted by Gasteiger charge is -2.17. The summed E-state index contributed by atoms with van der Waals surface area (Å²) in [5, 5.41) is 5.97. The van der Waals surface area contributed by atoms with Crippen LogP contribution in [0.4, 0.5) is 11.4 Å². The molecule has 1 saturated heterocycles. The second-order valence-electron chi connectivity index (χ2n) is 7.41. The maximum atomic E-state index is 13.1. The Hall–Kier alpha value is -4.37. The van der Waals surface area contributed by atoms with Crippen LogP contribution in [0.3, 0.4) is 0 Å². The smallest absolute Gasteiger partial charge is 0.281 e. The van der Waals surface area contributed by atoms with Gasteiger partial charge in [-0.3, -0.25) is 9.59 Å². The molecule has 0 saturated carbocycles. The normalized spacial score (nSPS) is 14.0. The number of nitrogens with zero attached hydrogens (tertiary/aromatic N) is 1. The van der Waals surface area contributed by atoms with Crippen molar-refractivity contribution in [1.82, 2.24) is 5.32 Å². The van der Waals surface area contributed by atoms with Crippen molar-refractivity contribution in [1.29, 1.82) is 0 Å². The Morgan fingerprint density at radius 1 is 0.971 bits per heavy atom. The number of anilines is 2. The number of methoxy groups -OCH3 is 2. The highest BCUT2D eigenvalue weighted by Gasteiger charge is 2.33. The summed E-state index contributed by atoms with van der Waals surface area (Å²) >= 11 is 5.39. The molecule has 178 valence electrons. The van der Waals surface area contributed by atoms with E-state index in [4.69, 9.17) is 26.4 Å². The summed E-state index contributed by atoms with van der Waals surface area (Å²) in [5.74, 6) is 0.744. The van der Waals surface area contributed by atoms with Gasteiger partial charge in [0.1, 0.15) is 11.4 Å². The molecule has 35 heavy (non-hydrogen) atoms. The molecule has 1 aliphatic rings. The number of carbonyl (C=O) groups is 2. The monoisotopic (exact) mass is 489 g/mol. The predicted octanol–water partition coefficient (Wildman–Crippen LogP) is 3.98. The molecular formula is C26H23N3O5S. The lowest BCUT2D eigenvalue weighted by atomic mass is 10.1. The van der Waals surface area contributed by atoms with Gasteiger partial charge < -0.3 is 24.8 Å². The summed E-state index contributed by atoms with van der Waals surface area (Å²) in [6, 6.07) is 21.4. The molecule has 9 heteroatoms. The summed E-state index contributed by atoms with van der Waals surface area (Å²) in [4.78, 5) is 26.7. The van der Waals surface area contributed by atoms with E-state index in [9.17, 15) is 9.59 Å². The summed E-state index contributed by atoms with van der Waals surface area (Å²) in [5.41, 5.74) is 2.22. The van der Waals surface area contributed by atoms with Gasteiger partial charge in [0, 0.05) is 5.69 Å². The number of nitrogens with one attached hydrogen (secondary N) is 2. The molecule has 0 unspecified atom stereocenters. The summed E-state index contributed by atoms with van der Waals surface area (Å²) < 4.78 is 16.4. The van der Waals surface area contributed by atoms with Crippen molar-refractivity contribution < 1.29 is 23.8 Å². The third-order valence-corrected chi connectivity index (χ3v) is 5.40. The fraction of sp³-hybridized carbons (Fsp3) is 0.115. The SMILES string of the molecule is COc1cc(/C=C2/NC(=S)N(c3ccccc3OC)C2=O)ccc1OCC(=O)Nc1ccccc1. The van der Waals surface area contributed by atoms with Gasteiger partial charge in [0.2, 0.25) is 0 Å². The first-order valence-corrected chi connectivity index (χ1v) is 11.1. The quantitative estimate of drug-likeness (QED) is 0.365. The van der Waals surface area contributed by atoms with Gasteiger partial charge in [0.25, 0.3) is 11.8 Å². The standard InChI is InChI=1S/C26H23N3O5S/c1-32-21-11-7-6-10-20(21)29-25(31)19(28-26(29)35)14-17-12-13-22(23(15-17)33-2)34-16-24(30)27-18-8-4-3-5-9-18/h3-15H,16H2,1-2H3,(H,27,30)(H,28,35)/b19-14+. The largest absolute Gasteiger partial charge is 0.495 e. The number of ether oxygens (including phenoxy) is 3. The van der Waals surface area contributed by atoms with Crippen LogP contribution in [0.5, 0.6) is 17.2 Å². The van der Waals surface area contributed by atoms with Crippen LogP contribution in [0, 0.1) is 0 Å². The Kier molecular flexibility index (Phi) is 7.27. The van der Waals surface area contributed by atoms with Crippen molar-refractivity contribution in [2.24, 2.45) is 0 Å². The summed E-state index contributed by atoms with van der Waals surface area (Å²) in [6.45, 7) is -0.187. The van der Waals surface area contributed by atoms with Crippen LogP contribution in [-0.4, -0.2) is 37.8 Å². The van der Waals surface area contributed by atoms with Crippen LogP contribution in [0.2, 0.25) is 0 Å². The number of carbonyl (C=O) groups excluding carboxylic acids is 2. The third-order valence-electron chi connectivity index (χ3n) is 5.12. The number of hydrogen-bond acceptors (Lipinski definition) is 6. The second-order valence-corrected chi connectivity index (χ2v) is 7.80. The molecular weight excluding hydrogens is 466 g/mol. The average Bonchev–Trinajstić information content (AvgIpc) is 3.15. The molecule has 2 amide bonds. The molecule has 3 aromatic carbocycles. The summed E-state index contributed by atoms with van der Waals surface area (Å²) in [7, 11) is 3.04. The Balaban J connectivity index is 1.48. The number of thiocarbonyl (C=S) groups is 1. The number of amides is 2. The van der Waals surface area contributed by atoms with Crippen molar-refractivity contribution in [2.45, 2.75) is 0 Å². The first-order valence-electron chi connectivity index (χ1n) is 10.7. The number of hydrogen-bond donors (Lipinski definition) is 2. The fourth-order valence-electron chi connectivity index (χ4n) is 3.49. The maximum absolute atomic E-state index is 13.1. The van der Waals surface area contributed by atoms with Crippen molar-refractivity contribution in [3.8, 4) is 17.2 Å². The van der Waals surface area contributed by atoms with E-state index in [-0.39, 0.29) is 23.5 Å². The van der Waals surface area contributed by atoms with Crippen molar-refractivity contribution in [3.63, 3.8) is 0 Å². The van der Waals surface area contributed by atoms with Crippen LogP contribution >= 0.6 is 12.2 Å². The van der Waals surface area contributed by atoms with E-state index >= 15 is 0 Å². The van der Waals surface area contributed by atoms with Gasteiger partial charge in [-0.05, 0) is 60.3 Å². The first kappa shape index (κ1) is 23.8. The zero-order valence-electron chi connectivity index (χ0n) is 19.1. The van der Waals surface area contributed by atoms with E-state index in [1.54, 1.807) is 54.6 Å². The Bertz CT molecular complexity index is 1290. The van der Waals surface area contributed by atoms with Crippen LogP contribution in [0.15, 0.2) is 78.5 Å². The van der Waals surface area contributed by atoms with Gasteiger partial charge in [-0.2, -0.15) is 0 Å². The first-order chi connectivity index (χ1) is 17.0. The Morgan fingerprint density at radius 2 is 1.69 bits per heavy atom. The Morgan fingerprint density at radius 3 is 2.43 bits per heavy atom. The van der Waals surface area contributed by atoms with Crippen molar-refractivity contribution in [3.05, 3.63) is 84.1 Å². The Labute approximate surface area is 208 Å². The number of benzene rings is 3. The minimum Gasteiger partial charge on any atom is -0.495 e. The van der Waals surface area contributed by atoms with Gasteiger partial charge in [0.15, 0.2) is 23.2 Å². The predicted molar refractivity (Wildman–Crippen MR) is 138 cm³/mol. The molecule has 0 bridgehead atoms. The lowest BCUT2D eigenvalue weighted by Crippen LogP contribution is -2.30. The van der Waals surface area contributed by atoms with Crippen LogP contribution in [-0.2, 0) is 9.59 Å². The molecule has 0 atom stereocenters. The number of para-hydroxylation sites is 3. The molecule has 1 aliphatic heterocycles. The lowest BCUT2D eigenvalue weighted by molar-refractivity contribution is -0.118. The van der Waals surface area contributed by atoms with Crippen LogP contribution in [0.25, 0.3) is 6.08 Å². The van der Waals surface area contributed by atoms with E-state index < -0.39 is 0 Å². The highest BCUT2D eigenvalue weighted by atomic mass is 32.1. The number of rotatable bonds is 8. The van der Waals surface area contributed by atoms with Crippen molar-refractivity contribution in [2.75, 3.05) is 31.0 Å². The second kappa shape index (κ2) is 10.7. The summed E-state index contributed by atoms with van der Waals surface area (Å²) in [6.07, 6.45) is 1.67. The minimum absolute atomic E-state index is 0.187. The van der Waals surface area contributed by atoms with Gasteiger partial charge >= 0.3 is 0 Å². The highest BCUT2D eigenvalue weighted by Crippen LogP contribution is 2.32. The topological polar surface area (TPSA) is 89.1 Å². The molecule has 2 N–H and O–H groups in total. The third kappa shape index (κ3) is 5.42. The van der Waals surface area contributed by atoms with E-state index in [1.165, 1.54) is 19.1 Å². The molecule has 0 aromatic heterocycles. The van der Waals surface area contributed by atoms with Gasteiger partial charge in [-0.1, -0.05) is 36.4 Å². The van der Waals surface area contributed by atoms with E-state index in [0.29, 0.717) is 39.9 Å². The molecule has 1 heterocycles. The van der Waals surface area contributed by atoms with E-state index in [2.05, 4.69) is 10.6 Å². The van der Waals surface area contributed by atoms with Crippen LogP contribution in [0.1, 0.15) is 5.56 Å². The molecule has 0 spiro atoms. The molecule has 4 rings (SSSR count). The molecule has 0 aliphatic carbocycles. The van der Waals surface area contributed by atoms with E-state index in [1.807, 2.05) is 24.3 Å². The molecule has 1 fully saturated rings. The molecule has 3 aromatic rings. The highest BCUT2D eigenvalue weighted by molar-refractivity contribution is 7.80. The average molecular weight is 490 g/mol. The van der Waals surface area contributed by atoms with Crippen LogP contribution < -0.4 is 29.7 Å². The van der Waals surface area contributed by atoms with Crippen molar-refractivity contribution >= 4 is 46.6 Å². The van der Waals surface area contributed by atoms with Gasteiger partial charge in [0.05, 0.1) is 19.9 Å². The fourth-order valence-corrected chi connectivity index (χ4v) is 3.78. The van der Waals surface area contributed by atoms with Gasteiger partial charge in [-0.25, -0.2) is 4.90 Å². The molecule has 8 nitrogen and oxygen atoms in total.